The van der Waals surface area contributed by atoms with Crippen LogP contribution in [-0.2, 0) is 14.8 Å². The number of hydrogen-bond donors (Lipinski definition) is 1. The van der Waals surface area contributed by atoms with Crippen molar-refractivity contribution in [1.29, 1.82) is 0 Å². The molecule has 2 fully saturated rings. The van der Waals surface area contributed by atoms with Crippen LogP contribution >= 0.6 is 0 Å². The summed E-state index contributed by atoms with van der Waals surface area (Å²) in [6.45, 7) is 12.1. The molecular weight excluding hydrogens is 374 g/mol. The molecule has 6 nitrogen and oxygen atoms in total. The van der Waals surface area contributed by atoms with E-state index < -0.39 is 10.0 Å². The monoisotopic (exact) mass is 407 g/mol. The predicted octanol–water partition coefficient (Wildman–Crippen LogP) is 2.14. The highest BCUT2D eigenvalue weighted by Gasteiger charge is 2.33. The molecule has 0 aromatic heterocycles. The second-order valence-electron chi connectivity index (χ2n) is 8.46. The summed E-state index contributed by atoms with van der Waals surface area (Å²) in [6.07, 6.45) is 2.41. The van der Waals surface area contributed by atoms with E-state index in [1.807, 2.05) is 38.7 Å². The van der Waals surface area contributed by atoms with Crippen molar-refractivity contribution >= 4 is 15.9 Å². The van der Waals surface area contributed by atoms with Crippen LogP contribution in [0.4, 0.5) is 0 Å². The summed E-state index contributed by atoms with van der Waals surface area (Å²) in [5.41, 5.74) is 3.67. The lowest BCUT2D eigenvalue weighted by atomic mass is 10.0. The number of sulfonamides is 1. The fourth-order valence-electron chi connectivity index (χ4n) is 4.04. The zero-order valence-corrected chi connectivity index (χ0v) is 18.5. The van der Waals surface area contributed by atoms with Gasteiger partial charge in [0.2, 0.25) is 15.9 Å². The van der Waals surface area contributed by atoms with E-state index in [2.05, 4.69) is 12.2 Å². The fraction of sp³-hybridized carbons (Fsp3) is 0.667. The smallest absolute Gasteiger partial charge is 0.243 e. The third-order valence-electron chi connectivity index (χ3n) is 6.31. The molecule has 1 heterocycles. The minimum Gasteiger partial charge on any atom is -0.352 e. The molecule has 0 bridgehead atoms. The van der Waals surface area contributed by atoms with E-state index in [-0.39, 0.29) is 11.9 Å². The van der Waals surface area contributed by atoms with Crippen LogP contribution < -0.4 is 5.32 Å². The quantitative estimate of drug-likeness (QED) is 0.784. The topological polar surface area (TPSA) is 69.7 Å². The molecule has 1 amide bonds. The molecule has 1 aliphatic carbocycles. The number of nitrogens with one attached hydrogen (secondary N) is 1. The first kappa shape index (κ1) is 21.3. The molecule has 1 aliphatic heterocycles. The molecule has 3 rings (SSSR count). The van der Waals surface area contributed by atoms with Crippen LogP contribution in [-0.4, -0.2) is 62.3 Å². The number of nitrogens with zero attached hydrogens (tertiary/aromatic N) is 2. The average Bonchev–Trinajstić information content (AvgIpc) is 3.45. The van der Waals surface area contributed by atoms with Gasteiger partial charge in [-0.15, -0.1) is 0 Å². The van der Waals surface area contributed by atoms with E-state index in [0.29, 0.717) is 43.5 Å². The number of aryl methyl sites for hydroxylation is 2. The minimum atomic E-state index is -3.54. The van der Waals surface area contributed by atoms with E-state index in [0.717, 1.165) is 22.3 Å². The molecule has 1 saturated carbocycles. The Morgan fingerprint density at radius 1 is 1.07 bits per heavy atom. The molecule has 1 N–H and O–H groups in total. The average molecular weight is 408 g/mol. The third-order valence-corrected chi connectivity index (χ3v) is 8.48. The summed E-state index contributed by atoms with van der Waals surface area (Å²) in [7, 11) is -3.54. The maximum atomic E-state index is 13.3. The van der Waals surface area contributed by atoms with Crippen molar-refractivity contribution in [2.75, 3.05) is 32.7 Å². The molecular formula is C21H33N3O3S. The van der Waals surface area contributed by atoms with Gasteiger partial charge >= 0.3 is 0 Å². The zero-order chi connectivity index (χ0) is 20.6. The molecule has 2 aliphatic rings. The van der Waals surface area contributed by atoms with Gasteiger partial charge in [-0.05, 0) is 75.6 Å². The number of benzene rings is 1. The number of carbonyl (C=O) groups excluding carboxylic acids is 1. The zero-order valence-electron chi connectivity index (χ0n) is 17.7. The Balaban J connectivity index is 1.63. The Bertz CT molecular complexity index is 828. The second-order valence-corrected chi connectivity index (χ2v) is 10.3. The molecule has 1 atom stereocenters. The molecule has 1 saturated heterocycles. The number of rotatable bonds is 6. The van der Waals surface area contributed by atoms with Gasteiger partial charge in [0.1, 0.15) is 0 Å². The van der Waals surface area contributed by atoms with Crippen molar-refractivity contribution in [3.8, 4) is 0 Å². The normalized spacial score (nSPS) is 20.2. The summed E-state index contributed by atoms with van der Waals surface area (Å²) in [5, 5.41) is 3.07. The standard InChI is InChI=1S/C21H33N3O3S/c1-14-12-15(2)17(4)21(16(14)3)28(26,27)24-10-8-23(9-11-24)13-20(25)22-18(5)19-6-7-19/h12,18-19H,6-11,13H2,1-5H3,(H,22,25)/t18-/m0/s1. The first-order valence-electron chi connectivity index (χ1n) is 10.2. The summed E-state index contributed by atoms with van der Waals surface area (Å²) >= 11 is 0. The molecule has 7 heteroatoms. The van der Waals surface area contributed by atoms with Crippen LogP contribution in [0.3, 0.4) is 0 Å². The highest BCUT2D eigenvalue weighted by molar-refractivity contribution is 7.89. The predicted molar refractivity (Wildman–Crippen MR) is 111 cm³/mol. The second kappa shape index (κ2) is 8.13. The number of hydrogen-bond acceptors (Lipinski definition) is 4. The van der Waals surface area contributed by atoms with Crippen molar-refractivity contribution < 1.29 is 13.2 Å². The van der Waals surface area contributed by atoms with Gasteiger partial charge in [0.05, 0.1) is 11.4 Å². The van der Waals surface area contributed by atoms with Gasteiger partial charge in [0.25, 0.3) is 0 Å². The molecule has 0 unspecified atom stereocenters. The maximum absolute atomic E-state index is 13.3. The van der Waals surface area contributed by atoms with Crippen molar-refractivity contribution in [2.24, 2.45) is 5.92 Å². The van der Waals surface area contributed by atoms with Crippen LogP contribution in [0.1, 0.15) is 42.0 Å². The SMILES string of the molecule is Cc1cc(C)c(C)c(S(=O)(=O)N2CCN(CC(=O)N[C@@H](C)C3CC3)CC2)c1C. The molecule has 156 valence electrons. The largest absolute Gasteiger partial charge is 0.352 e. The van der Waals surface area contributed by atoms with Gasteiger partial charge in [0.15, 0.2) is 0 Å². The molecule has 28 heavy (non-hydrogen) atoms. The van der Waals surface area contributed by atoms with Gasteiger partial charge in [-0.25, -0.2) is 8.42 Å². The first-order chi connectivity index (χ1) is 13.1. The Labute approximate surface area is 169 Å². The Morgan fingerprint density at radius 2 is 1.61 bits per heavy atom. The summed E-state index contributed by atoms with van der Waals surface area (Å²) in [6, 6.07) is 2.28. The Kier molecular flexibility index (Phi) is 6.17. The van der Waals surface area contributed by atoms with Crippen LogP contribution in [0.15, 0.2) is 11.0 Å². The van der Waals surface area contributed by atoms with Gasteiger partial charge in [0, 0.05) is 32.2 Å². The highest BCUT2D eigenvalue weighted by atomic mass is 32.2. The van der Waals surface area contributed by atoms with Crippen LogP contribution in [0.5, 0.6) is 0 Å². The van der Waals surface area contributed by atoms with Crippen LogP contribution in [0.2, 0.25) is 0 Å². The highest BCUT2D eigenvalue weighted by Crippen LogP contribution is 2.32. The summed E-state index contributed by atoms with van der Waals surface area (Å²) in [5.74, 6) is 0.673. The number of amides is 1. The van der Waals surface area contributed by atoms with Gasteiger partial charge in [-0.1, -0.05) is 6.07 Å². The minimum absolute atomic E-state index is 0.0386. The molecule has 1 aromatic carbocycles. The van der Waals surface area contributed by atoms with Crippen molar-refractivity contribution in [3.63, 3.8) is 0 Å². The third kappa shape index (κ3) is 4.42. The van der Waals surface area contributed by atoms with Crippen LogP contribution in [0.25, 0.3) is 0 Å². The van der Waals surface area contributed by atoms with Crippen LogP contribution in [0, 0.1) is 33.6 Å². The lowest BCUT2D eigenvalue weighted by molar-refractivity contribution is -0.123. The fourth-order valence-corrected chi connectivity index (χ4v) is 6.04. The maximum Gasteiger partial charge on any atom is 0.243 e. The lowest BCUT2D eigenvalue weighted by Crippen LogP contribution is -2.51. The van der Waals surface area contributed by atoms with E-state index in [1.165, 1.54) is 12.8 Å². The number of carbonyl (C=O) groups is 1. The number of piperazine rings is 1. The van der Waals surface area contributed by atoms with E-state index in [9.17, 15) is 13.2 Å². The first-order valence-corrected chi connectivity index (χ1v) is 11.6. The Morgan fingerprint density at radius 3 is 2.11 bits per heavy atom. The molecule has 1 aromatic rings. The van der Waals surface area contributed by atoms with Crippen molar-refractivity contribution in [1.82, 2.24) is 14.5 Å². The molecule has 0 spiro atoms. The van der Waals surface area contributed by atoms with E-state index in [4.69, 9.17) is 0 Å². The van der Waals surface area contributed by atoms with Gasteiger partial charge in [-0.3, -0.25) is 9.69 Å². The summed E-state index contributed by atoms with van der Waals surface area (Å²) < 4.78 is 28.2. The summed E-state index contributed by atoms with van der Waals surface area (Å²) in [4.78, 5) is 14.7. The van der Waals surface area contributed by atoms with Crippen molar-refractivity contribution in [2.45, 2.75) is 58.4 Å². The Hall–Kier alpha value is -1.44. The van der Waals surface area contributed by atoms with E-state index >= 15 is 0 Å². The van der Waals surface area contributed by atoms with Gasteiger partial charge in [-0.2, -0.15) is 4.31 Å². The van der Waals surface area contributed by atoms with E-state index in [1.54, 1.807) is 4.31 Å². The van der Waals surface area contributed by atoms with Gasteiger partial charge < -0.3 is 5.32 Å². The molecule has 0 radical (unpaired) electrons. The lowest BCUT2D eigenvalue weighted by Gasteiger charge is -2.34. The van der Waals surface area contributed by atoms with Crippen molar-refractivity contribution in [3.05, 3.63) is 28.3 Å².